The Morgan fingerprint density at radius 1 is 1.07 bits per heavy atom. The van der Waals surface area contributed by atoms with Crippen LogP contribution >= 0.6 is 0 Å². The molecule has 2 aromatic carbocycles. The molecule has 0 saturated heterocycles. The lowest BCUT2D eigenvalue weighted by Crippen LogP contribution is -2.09. The minimum Gasteiger partial charge on any atom is -0.465 e. The number of benzene rings is 2. The number of methoxy groups -OCH3 is 1. The van der Waals surface area contributed by atoms with Crippen LogP contribution in [0.1, 0.15) is 15.9 Å². The highest BCUT2D eigenvalue weighted by Gasteiger charge is 2.21. The van der Waals surface area contributed by atoms with Crippen molar-refractivity contribution < 1.29 is 28.9 Å². The first kappa shape index (κ1) is 20.7. The molecule has 11 nitrogen and oxygen atoms in total. The Morgan fingerprint density at radius 2 is 1.69 bits per heavy atom. The molecule has 0 N–H and O–H groups in total. The maximum absolute atomic E-state index is 12.3. The number of nitro groups is 2. The fourth-order valence-corrected chi connectivity index (χ4v) is 2.17. The van der Waals surface area contributed by atoms with Crippen LogP contribution in [-0.4, -0.2) is 28.9 Å². The summed E-state index contributed by atoms with van der Waals surface area (Å²) in [4.78, 5) is 43.9. The number of nitro benzene ring substituents is 2. The van der Waals surface area contributed by atoms with Crippen molar-refractivity contribution in [2.45, 2.75) is 0 Å². The Bertz CT molecular complexity index is 1050. The average molecular weight is 397 g/mol. The van der Waals surface area contributed by atoms with Crippen LogP contribution in [-0.2, 0) is 9.53 Å². The van der Waals surface area contributed by atoms with Crippen LogP contribution in [0.25, 0.3) is 6.08 Å². The SMILES string of the molecule is COC(=O)/C(C#N)=C/c1cccc(OC(=O)c2cc([N+](=O)[O-])cc([N+](=O)[O-])c2)c1. The van der Waals surface area contributed by atoms with Crippen molar-refractivity contribution in [3.8, 4) is 11.8 Å². The molecule has 0 heterocycles. The largest absolute Gasteiger partial charge is 0.465 e. The quantitative estimate of drug-likeness (QED) is 0.178. The summed E-state index contributed by atoms with van der Waals surface area (Å²) in [6.07, 6.45) is 1.21. The number of nitriles is 1. The third-order valence-corrected chi connectivity index (χ3v) is 3.47. The number of non-ortho nitro benzene ring substituents is 2. The first-order valence-electron chi connectivity index (χ1n) is 7.71. The van der Waals surface area contributed by atoms with Gasteiger partial charge in [0.2, 0.25) is 0 Å². The van der Waals surface area contributed by atoms with Crippen molar-refractivity contribution in [1.82, 2.24) is 0 Å². The number of hydrogen-bond acceptors (Lipinski definition) is 9. The lowest BCUT2D eigenvalue weighted by atomic mass is 10.1. The summed E-state index contributed by atoms with van der Waals surface area (Å²) in [7, 11) is 1.12. The number of esters is 2. The van der Waals surface area contributed by atoms with E-state index in [9.17, 15) is 29.8 Å². The summed E-state index contributed by atoms with van der Waals surface area (Å²) >= 11 is 0. The van der Waals surface area contributed by atoms with Gasteiger partial charge in [0.15, 0.2) is 0 Å². The second kappa shape index (κ2) is 8.87. The summed E-state index contributed by atoms with van der Waals surface area (Å²) in [5.74, 6) is -1.93. The third kappa shape index (κ3) is 5.20. The number of nitrogens with zero attached hydrogens (tertiary/aromatic N) is 3. The predicted octanol–water partition coefficient (Wildman–Crippen LogP) is 2.80. The number of carbonyl (C=O) groups excluding carboxylic acids is 2. The molecular weight excluding hydrogens is 386 g/mol. The zero-order valence-corrected chi connectivity index (χ0v) is 14.7. The Balaban J connectivity index is 2.34. The van der Waals surface area contributed by atoms with Gasteiger partial charge in [-0.1, -0.05) is 12.1 Å². The van der Waals surface area contributed by atoms with Crippen LogP contribution in [0.3, 0.4) is 0 Å². The molecule has 0 aliphatic carbocycles. The zero-order valence-electron chi connectivity index (χ0n) is 14.7. The number of hydrogen-bond donors (Lipinski definition) is 0. The molecule has 0 aromatic heterocycles. The topological polar surface area (TPSA) is 163 Å². The van der Waals surface area contributed by atoms with Gasteiger partial charge >= 0.3 is 11.9 Å². The Morgan fingerprint density at radius 3 is 2.21 bits per heavy atom. The maximum Gasteiger partial charge on any atom is 0.348 e. The fourth-order valence-electron chi connectivity index (χ4n) is 2.17. The van der Waals surface area contributed by atoms with Gasteiger partial charge in [-0.05, 0) is 23.8 Å². The van der Waals surface area contributed by atoms with Crippen LogP contribution in [0.4, 0.5) is 11.4 Å². The van der Waals surface area contributed by atoms with Gasteiger partial charge in [-0.2, -0.15) is 5.26 Å². The minimum atomic E-state index is -1.06. The highest BCUT2D eigenvalue weighted by atomic mass is 16.6. The molecule has 0 radical (unpaired) electrons. The molecule has 2 rings (SSSR count). The van der Waals surface area contributed by atoms with Crippen LogP contribution in [0, 0.1) is 31.6 Å². The molecule has 0 bridgehead atoms. The molecule has 0 aliphatic heterocycles. The molecule has 0 amide bonds. The van der Waals surface area contributed by atoms with E-state index in [0.717, 1.165) is 25.3 Å². The minimum absolute atomic E-state index is 0.0138. The second-order valence-electron chi connectivity index (χ2n) is 5.38. The molecular formula is C18H11N3O8. The first-order valence-corrected chi connectivity index (χ1v) is 7.71. The molecule has 0 unspecified atom stereocenters. The van der Waals surface area contributed by atoms with Crippen molar-refractivity contribution in [2.75, 3.05) is 7.11 Å². The smallest absolute Gasteiger partial charge is 0.348 e. The van der Waals surface area contributed by atoms with Gasteiger partial charge in [-0.3, -0.25) is 20.2 Å². The van der Waals surface area contributed by atoms with Crippen molar-refractivity contribution in [3.05, 3.63) is 79.4 Å². The van der Waals surface area contributed by atoms with Gasteiger partial charge in [-0.25, -0.2) is 9.59 Å². The van der Waals surface area contributed by atoms with Crippen LogP contribution in [0.2, 0.25) is 0 Å². The van der Waals surface area contributed by atoms with Crippen LogP contribution in [0.5, 0.6) is 5.75 Å². The van der Waals surface area contributed by atoms with E-state index in [0.29, 0.717) is 5.56 Å². The summed E-state index contributed by atoms with van der Waals surface area (Å²) in [6, 6.07) is 9.79. The lowest BCUT2D eigenvalue weighted by Gasteiger charge is -2.06. The fraction of sp³-hybridized carbons (Fsp3) is 0.0556. The number of ether oxygens (including phenoxy) is 2. The van der Waals surface area contributed by atoms with Gasteiger partial charge in [0.25, 0.3) is 11.4 Å². The van der Waals surface area contributed by atoms with E-state index in [1.54, 1.807) is 6.07 Å². The van der Waals surface area contributed by atoms with E-state index in [1.807, 2.05) is 0 Å². The number of rotatable bonds is 6. The highest BCUT2D eigenvalue weighted by Crippen LogP contribution is 2.24. The van der Waals surface area contributed by atoms with E-state index in [-0.39, 0.29) is 16.9 Å². The summed E-state index contributed by atoms with van der Waals surface area (Å²) in [5.41, 5.74) is -1.62. The second-order valence-corrected chi connectivity index (χ2v) is 5.38. The molecule has 0 atom stereocenters. The first-order chi connectivity index (χ1) is 13.7. The molecule has 146 valence electrons. The van der Waals surface area contributed by atoms with E-state index in [2.05, 4.69) is 4.74 Å². The van der Waals surface area contributed by atoms with E-state index in [4.69, 9.17) is 10.00 Å². The summed E-state index contributed by atoms with van der Waals surface area (Å²) in [6.45, 7) is 0. The van der Waals surface area contributed by atoms with Gasteiger partial charge < -0.3 is 9.47 Å². The molecule has 29 heavy (non-hydrogen) atoms. The molecule has 0 saturated carbocycles. The lowest BCUT2D eigenvalue weighted by molar-refractivity contribution is -0.394. The van der Waals surface area contributed by atoms with Crippen LogP contribution in [0.15, 0.2) is 48.0 Å². The predicted molar refractivity (Wildman–Crippen MR) is 96.8 cm³/mol. The Hall–Kier alpha value is -4.59. The van der Waals surface area contributed by atoms with Gasteiger partial charge in [-0.15, -0.1) is 0 Å². The van der Waals surface area contributed by atoms with Crippen molar-refractivity contribution in [2.24, 2.45) is 0 Å². The van der Waals surface area contributed by atoms with Crippen molar-refractivity contribution in [1.29, 1.82) is 5.26 Å². The van der Waals surface area contributed by atoms with E-state index < -0.39 is 33.2 Å². The van der Waals surface area contributed by atoms with E-state index >= 15 is 0 Å². The molecule has 0 fully saturated rings. The number of carbonyl (C=O) groups is 2. The van der Waals surface area contributed by atoms with Crippen molar-refractivity contribution in [3.63, 3.8) is 0 Å². The monoisotopic (exact) mass is 397 g/mol. The Labute approximate surface area is 162 Å². The van der Waals surface area contributed by atoms with Crippen LogP contribution < -0.4 is 4.74 Å². The normalized spacial score (nSPS) is 10.6. The Kier molecular flexibility index (Phi) is 6.34. The zero-order chi connectivity index (χ0) is 21.6. The summed E-state index contributed by atoms with van der Waals surface area (Å²) in [5, 5.41) is 30.8. The molecule has 11 heteroatoms. The summed E-state index contributed by atoms with van der Waals surface area (Å²) < 4.78 is 9.56. The molecule has 2 aromatic rings. The van der Waals surface area contributed by atoms with Gasteiger partial charge in [0, 0.05) is 12.1 Å². The van der Waals surface area contributed by atoms with E-state index in [1.165, 1.54) is 30.3 Å². The molecule has 0 aliphatic rings. The maximum atomic E-state index is 12.3. The van der Waals surface area contributed by atoms with Gasteiger partial charge in [0.1, 0.15) is 17.4 Å². The highest BCUT2D eigenvalue weighted by molar-refractivity contribution is 5.98. The van der Waals surface area contributed by atoms with Gasteiger partial charge in [0.05, 0.1) is 28.6 Å². The molecule has 0 spiro atoms. The average Bonchev–Trinajstić information content (AvgIpc) is 2.71. The third-order valence-electron chi connectivity index (χ3n) is 3.47. The van der Waals surface area contributed by atoms with Crippen molar-refractivity contribution >= 4 is 29.4 Å². The standard InChI is InChI=1S/C18H11N3O8/c1-28-17(22)13(10-19)5-11-3-2-4-16(6-11)29-18(23)12-7-14(20(24)25)9-15(8-12)21(26)27/h2-9H,1H3/b13-5+.